The van der Waals surface area contributed by atoms with E-state index in [1.807, 2.05) is 6.07 Å². The van der Waals surface area contributed by atoms with Gasteiger partial charge in [-0.15, -0.1) is 0 Å². The van der Waals surface area contributed by atoms with Gasteiger partial charge in [-0.2, -0.15) is 0 Å². The highest BCUT2D eigenvalue weighted by atomic mass is 16.3. The maximum atomic E-state index is 6.16. The van der Waals surface area contributed by atoms with Crippen molar-refractivity contribution in [1.29, 1.82) is 0 Å². The van der Waals surface area contributed by atoms with Crippen LogP contribution in [0.3, 0.4) is 0 Å². The minimum atomic E-state index is -0.127. The van der Waals surface area contributed by atoms with Gasteiger partial charge >= 0.3 is 0 Å². The molecule has 0 N–H and O–H groups in total. The van der Waals surface area contributed by atoms with Gasteiger partial charge in [0, 0.05) is 27.5 Å². The molecule has 2 aliphatic rings. The van der Waals surface area contributed by atoms with Crippen molar-refractivity contribution < 1.29 is 4.42 Å². The molecule has 64 heavy (non-hydrogen) atoms. The summed E-state index contributed by atoms with van der Waals surface area (Å²) < 4.78 is 6.16. The van der Waals surface area contributed by atoms with E-state index >= 15 is 0 Å². The first-order valence-electron chi connectivity index (χ1n) is 22.9. The number of hydrogen-bond donors (Lipinski definition) is 0. The van der Waals surface area contributed by atoms with Crippen LogP contribution in [0.1, 0.15) is 79.0 Å². The van der Waals surface area contributed by atoms with Gasteiger partial charge in [0.05, 0.1) is 0 Å². The van der Waals surface area contributed by atoms with Crippen molar-refractivity contribution >= 4 is 21.9 Å². The summed E-state index contributed by atoms with van der Waals surface area (Å²) in [5.74, 6) is 0.241. The molecule has 308 valence electrons. The maximum absolute atomic E-state index is 6.16. The summed E-state index contributed by atoms with van der Waals surface area (Å²) in [6.07, 6.45) is 2.00. The maximum Gasteiger partial charge on any atom is 0.135 e. The number of rotatable bonds is 8. The molecule has 0 fully saturated rings. The van der Waals surface area contributed by atoms with E-state index in [0.717, 1.165) is 34.8 Å². The van der Waals surface area contributed by atoms with Gasteiger partial charge in [0.25, 0.3) is 0 Å². The fraction of sp³-hybridized carbons (Fsp3) is 0.143. The Morgan fingerprint density at radius 3 is 1.62 bits per heavy atom. The molecule has 0 amide bonds. The van der Waals surface area contributed by atoms with Crippen LogP contribution in [0, 0.1) is 0 Å². The van der Waals surface area contributed by atoms with Crippen molar-refractivity contribution in [2.75, 3.05) is 0 Å². The van der Waals surface area contributed by atoms with Gasteiger partial charge in [-0.3, -0.25) is 0 Å². The molecule has 10 aromatic rings. The normalized spacial score (nSPS) is 14.6. The molecule has 0 aliphatic heterocycles. The zero-order valence-corrected chi connectivity index (χ0v) is 37.0. The van der Waals surface area contributed by atoms with Gasteiger partial charge in [-0.05, 0) is 132 Å². The molecule has 2 aliphatic carbocycles. The second kappa shape index (κ2) is 14.7. The predicted octanol–water partition coefficient (Wildman–Crippen LogP) is 17.0. The zero-order chi connectivity index (χ0) is 43.2. The molecule has 1 heteroatoms. The van der Waals surface area contributed by atoms with E-state index in [1.54, 1.807) is 0 Å². The Labute approximate surface area is 376 Å². The van der Waals surface area contributed by atoms with E-state index in [9.17, 15) is 0 Å². The molecule has 9 aromatic carbocycles. The Morgan fingerprint density at radius 2 is 0.859 bits per heavy atom. The number of fused-ring (bicyclic) bond motifs is 9. The summed E-state index contributed by atoms with van der Waals surface area (Å²) in [5.41, 5.74) is 24.4. The smallest absolute Gasteiger partial charge is 0.135 e. The molecule has 0 spiro atoms. The molecule has 0 radical (unpaired) electrons. The van der Waals surface area contributed by atoms with E-state index in [-0.39, 0.29) is 16.7 Å². The highest BCUT2D eigenvalue weighted by Crippen LogP contribution is 2.52. The quantitative estimate of drug-likeness (QED) is 0.149. The molecule has 1 unspecified atom stereocenters. The Bertz CT molecular complexity index is 3420. The van der Waals surface area contributed by atoms with Crippen LogP contribution in [0.2, 0.25) is 0 Å². The van der Waals surface area contributed by atoms with E-state index in [4.69, 9.17) is 4.42 Å². The number of aryl methyl sites for hydroxylation is 1. The number of hydrogen-bond acceptors (Lipinski definition) is 1. The van der Waals surface area contributed by atoms with E-state index in [2.05, 4.69) is 222 Å². The SMILES string of the molecule is CC1(C)c2cc(CCC(c3ccc(-c4ccc(-c5ccccc5)cc4)cc3)c3ccc4c(c3)C(C)(C)c3ccccc3-4)ccc2-c2ccc(-c3ccc4oc5ccccc5c4c3)cc21. The molecule has 12 rings (SSSR count). The first-order chi connectivity index (χ1) is 31.2. The second-order valence-corrected chi connectivity index (χ2v) is 19.2. The highest BCUT2D eigenvalue weighted by Gasteiger charge is 2.37. The van der Waals surface area contributed by atoms with Gasteiger partial charge in [0.1, 0.15) is 11.2 Å². The fourth-order valence-electron chi connectivity index (χ4n) is 11.2. The van der Waals surface area contributed by atoms with Gasteiger partial charge in [0.2, 0.25) is 0 Å². The van der Waals surface area contributed by atoms with Crippen molar-refractivity contribution in [2.24, 2.45) is 0 Å². The van der Waals surface area contributed by atoms with Gasteiger partial charge in [-0.1, -0.05) is 204 Å². The average Bonchev–Trinajstić information content (AvgIpc) is 3.91. The first kappa shape index (κ1) is 38.5. The minimum absolute atomic E-state index is 0.0525. The van der Waals surface area contributed by atoms with Gasteiger partial charge in [0.15, 0.2) is 0 Å². The second-order valence-electron chi connectivity index (χ2n) is 19.2. The summed E-state index contributed by atoms with van der Waals surface area (Å²) in [5, 5.41) is 2.33. The summed E-state index contributed by atoms with van der Waals surface area (Å²) in [6.45, 7) is 9.59. The number of para-hydroxylation sites is 1. The molecule has 1 heterocycles. The predicted molar refractivity (Wildman–Crippen MR) is 268 cm³/mol. The third kappa shape index (κ3) is 6.21. The summed E-state index contributed by atoms with van der Waals surface area (Å²) >= 11 is 0. The highest BCUT2D eigenvalue weighted by molar-refractivity contribution is 6.06. The van der Waals surface area contributed by atoms with E-state index in [1.165, 1.54) is 94.6 Å². The Kier molecular flexibility index (Phi) is 8.82. The van der Waals surface area contributed by atoms with Crippen LogP contribution in [0.15, 0.2) is 205 Å². The molecular weight excluding hydrogens is 773 g/mol. The van der Waals surface area contributed by atoms with Crippen LogP contribution in [0.5, 0.6) is 0 Å². The minimum Gasteiger partial charge on any atom is -0.456 e. The van der Waals surface area contributed by atoms with Crippen LogP contribution in [0.25, 0.3) is 77.6 Å². The van der Waals surface area contributed by atoms with Crippen molar-refractivity contribution in [2.45, 2.75) is 57.3 Å². The largest absolute Gasteiger partial charge is 0.456 e. The van der Waals surface area contributed by atoms with E-state index < -0.39 is 0 Å². The first-order valence-corrected chi connectivity index (χ1v) is 22.9. The van der Waals surface area contributed by atoms with Crippen molar-refractivity contribution in [3.05, 3.63) is 239 Å². The van der Waals surface area contributed by atoms with Crippen molar-refractivity contribution in [1.82, 2.24) is 0 Å². The monoisotopic (exact) mass is 822 g/mol. The Balaban J connectivity index is 0.858. The summed E-state index contributed by atoms with van der Waals surface area (Å²) in [6, 6.07) is 74.7. The molecule has 1 nitrogen and oxygen atoms in total. The zero-order valence-electron chi connectivity index (χ0n) is 37.0. The topological polar surface area (TPSA) is 13.1 Å². The molecule has 0 saturated carbocycles. The lowest BCUT2D eigenvalue weighted by Crippen LogP contribution is -2.16. The third-order valence-corrected chi connectivity index (χ3v) is 14.8. The lowest BCUT2D eigenvalue weighted by molar-refractivity contribution is 0.652. The molecular formula is C63H50O. The van der Waals surface area contributed by atoms with Crippen LogP contribution in [-0.4, -0.2) is 0 Å². The van der Waals surface area contributed by atoms with Crippen LogP contribution in [0.4, 0.5) is 0 Å². The van der Waals surface area contributed by atoms with Gasteiger partial charge in [-0.25, -0.2) is 0 Å². The van der Waals surface area contributed by atoms with Gasteiger partial charge < -0.3 is 4.42 Å². The van der Waals surface area contributed by atoms with E-state index in [0.29, 0.717) is 0 Å². The Hall–Kier alpha value is -7.22. The van der Waals surface area contributed by atoms with Crippen molar-refractivity contribution in [3.8, 4) is 55.6 Å². The third-order valence-electron chi connectivity index (χ3n) is 14.8. The molecule has 0 bridgehead atoms. The number of furan rings is 1. The Morgan fingerprint density at radius 1 is 0.359 bits per heavy atom. The standard InChI is InChI=1S/C63H50O/c1-62(2)56-16-10-8-14-50(56)52-34-29-48(39-59(52)62)49(45-26-24-44(25-27-45)43-22-20-42(21-23-43)41-12-6-5-7-13-41)31-18-40-19-32-51-53-33-28-47(38-58(53)63(3,4)57(51)36-40)46-30-35-61-55(37-46)54-15-9-11-17-60(54)64-61/h5-17,19-30,32-39,49H,18,31H2,1-4H3. The lowest BCUT2D eigenvalue weighted by Gasteiger charge is -2.25. The van der Waals surface area contributed by atoms with Crippen LogP contribution >= 0.6 is 0 Å². The molecule has 1 atom stereocenters. The van der Waals surface area contributed by atoms with Crippen molar-refractivity contribution in [3.63, 3.8) is 0 Å². The molecule has 0 saturated heterocycles. The summed E-state index contributed by atoms with van der Waals surface area (Å²) in [4.78, 5) is 0. The number of benzene rings is 9. The lowest BCUT2D eigenvalue weighted by atomic mass is 9.79. The van der Waals surface area contributed by atoms with Crippen LogP contribution < -0.4 is 0 Å². The fourth-order valence-corrected chi connectivity index (χ4v) is 11.2. The molecule has 1 aromatic heterocycles. The average molecular weight is 823 g/mol. The van der Waals surface area contributed by atoms with Crippen LogP contribution in [-0.2, 0) is 17.3 Å². The summed E-state index contributed by atoms with van der Waals surface area (Å²) in [7, 11) is 0.